The third kappa shape index (κ3) is 2.61. The Morgan fingerprint density at radius 3 is 2.82 bits per heavy atom. The third-order valence-corrected chi connectivity index (χ3v) is 2.88. The molecule has 1 rings (SSSR count). The van der Waals surface area contributed by atoms with Crippen LogP contribution in [0.15, 0.2) is 11.5 Å². The molecule has 0 saturated heterocycles. The zero-order valence-electron chi connectivity index (χ0n) is 6.16. The van der Waals surface area contributed by atoms with Crippen LogP contribution in [0.3, 0.4) is 0 Å². The van der Waals surface area contributed by atoms with Crippen molar-refractivity contribution in [2.75, 3.05) is 18.8 Å². The van der Waals surface area contributed by atoms with Crippen LogP contribution in [0.4, 0.5) is 0 Å². The standard InChI is InChI=1S/C6H12N2O2S/c7-2-3-8-6-1-4-11(9,10)5-6/h1,4,6,8H,2-3,5,7H2/t6-/m1/s1. The molecule has 1 atom stereocenters. The van der Waals surface area contributed by atoms with Crippen LogP contribution < -0.4 is 11.1 Å². The Balaban J connectivity index is 2.39. The summed E-state index contributed by atoms with van der Waals surface area (Å²) >= 11 is 0. The van der Waals surface area contributed by atoms with Gasteiger partial charge in [0.25, 0.3) is 0 Å². The summed E-state index contributed by atoms with van der Waals surface area (Å²) < 4.78 is 21.7. The lowest BCUT2D eigenvalue weighted by atomic mass is 10.3. The second-order valence-electron chi connectivity index (χ2n) is 2.51. The maximum atomic E-state index is 10.8. The largest absolute Gasteiger partial charge is 0.329 e. The monoisotopic (exact) mass is 176 g/mol. The molecule has 0 amide bonds. The molecule has 1 aliphatic heterocycles. The molecule has 4 nitrogen and oxygen atoms in total. The molecule has 0 aromatic rings. The predicted octanol–water partition coefficient (Wildman–Crippen LogP) is -1.15. The van der Waals surface area contributed by atoms with Crippen molar-refractivity contribution in [2.24, 2.45) is 5.73 Å². The van der Waals surface area contributed by atoms with Gasteiger partial charge in [0.05, 0.1) is 5.75 Å². The molecule has 3 N–H and O–H groups in total. The topological polar surface area (TPSA) is 72.2 Å². The number of nitrogens with one attached hydrogen (secondary N) is 1. The van der Waals surface area contributed by atoms with Gasteiger partial charge in [-0.3, -0.25) is 0 Å². The van der Waals surface area contributed by atoms with Crippen molar-refractivity contribution < 1.29 is 8.42 Å². The molecule has 1 aliphatic rings. The first-order valence-electron chi connectivity index (χ1n) is 3.48. The minimum absolute atomic E-state index is 0.0384. The van der Waals surface area contributed by atoms with Gasteiger partial charge in [-0.2, -0.15) is 0 Å². The van der Waals surface area contributed by atoms with Crippen molar-refractivity contribution >= 4 is 9.84 Å². The van der Waals surface area contributed by atoms with Gasteiger partial charge in [-0.25, -0.2) is 8.42 Å². The van der Waals surface area contributed by atoms with Gasteiger partial charge < -0.3 is 11.1 Å². The fourth-order valence-electron chi connectivity index (χ4n) is 0.972. The Hall–Kier alpha value is -0.390. The second-order valence-corrected chi connectivity index (χ2v) is 4.44. The van der Waals surface area contributed by atoms with E-state index in [1.54, 1.807) is 6.08 Å². The van der Waals surface area contributed by atoms with Crippen molar-refractivity contribution in [2.45, 2.75) is 6.04 Å². The molecule has 5 heteroatoms. The van der Waals surface area contributed by atoms with Crippen LogP contribution in [0.5, 0.6) is 0 Å². The normalized spacial score (nSPS) is 27.5. The summed E-state index contributed by atoms with van der Waals surface area (Å²) in [5, 5.41) is 4.25. The summed E-state index contributed by atoms with van der Waals surface area (Å²) in [5.41, 5.74) is 5.24. The fraction of sp³-hybridized carbons (Fsp3) is 0.667. The summed E-state index contributed by atoms with van der Waals surface area (Å²) in [7, 11) is -2.91. The average Bonchev–Trinajstić information content (AvgIpc) is 2.26. The SMILES string of the molecule is NCCN[C@@H]1C=CS(=O)(=O)C1. The van der Waals surface area contributed by atoms with E-state index in [4.69, 9.17) is 5.73 Å². The molecule has 0 aliphatic carbocycles. The molecule has 0 spiro atoms. The molecule has 0 bridgehead atoms. The van der Waals surface area contributed by atoms with Crippen LogP contribution in [0.25, 0.3) is 0 Å². The number of hydrogen-bond acceptors (Lipinski definition) is 4. The fourth-order valence-corrected chi connectivity index (χ4v) is 2.24. The molecular formula is C6H12N2O2S. The smallest absolute Gasteiger partial charge is 0.173 e. The van der Waals surface area contributed by atoms with Gasteiger partial charge in [-0.05, 0) is 0 Å². The number of sulfone groups is 1. The predicted molar refractivity (Wildman–Crippen MR) is 43.8 cm³/mol. The van der Waals surface area contributed by atoms with Gasteiger partial charge >= 0.3 is 0 Å². The Morgan fingerprint density at radius 1 is 1.64 bits per heavy atom. The quantitative estimate of drug-likeness (QED) is 0.569. The van der Waals surface area contributed by atoms with E-state index in [0.29, 0.717) is 13.1 Å². The molecule has 0 fully saturated rings. The molecule has 64 valence electrons. The highest BCUT2D eigenvalue weighted by molar-refractivity contribution is 7.94. The zero-order valence-corrected chi connectivity index (χ0v) is 6.97. The maximum Gasteiger partial charge on any atom is 0.173 e. The molecule has 0 aromatic heterocycles. The molecule has 11 heavy (non-hydrogen) atoms. The minimum atomic E-state index is -2.91. The van der Waals surface area contributed by atoms with E-state index in [2.05, 4.69) is 5.32 Å². The average molecular weight is 176 g/mol. The van der Waals surface area contributed by atoms with E-state index in [1.807, 2.05) is 0 Å². The van der Waals surface area contributed by atoms with Crippen LogP contribution >= 0.6 is 0 Å². The van der Waals surface area contributed by atoms with Crippen molar-refractivity contribution in [3.05, 3.63) is 11.5 Å². The molecule has 0 unspecified atom stereocenters. The van der Waals surface area contributed by atoms with Crippen LogP contribution in [0.1, 0.15) is 0 Å². The highest BCUT2D eigenvalue weighted by atomic mass is 32.2. The first-order chi connectivity index (χ1) is 5.14. The van der Waals surface area contributed by atoms with E-state index in [0.717, 1.165) is 0 Å². The van der Waals surface area contributed by atoms with Crippen molar-refractivity contribution in [1.29, 1.82) is 0 Å². The summed E-state index contributed by atoms with van der Waals surface area (Å²) in [6, 6.07) is -0.0384. The second kappa shape index (κ2) is 3.34. The lowest BCUT2D eigenvalue weighted by Gasteiger charge is -2.06. The molecule has 1 heterocycles. The molecular weight excluding hydrogens is 164 g/mol. The van der Waals surface area contributed by atoms with Gasteiger partial charge in [0, 0.05) is 24.5 Å². The Labute approximate surface area is 66.4 Å². The van der Waals surface area contributed by atoms with E-state index in [1.165, 1.54) is 5.41 Å². The van der Waals surface area contributed by atoms with Crippen LogP contribution in [-0.2, 0) is 9.84 Å². The van der Waals surface area contributed by atoms with Crippen molar-refractivity contribution in [1.82, 2.24) is 5.32 Å². The highest BCUT2D eigenvalue weighted by Gasteiger charge is 2.20. The van der Waals surface area contributed by atoms with Crippen LogP contribution in [0.2, 0.25) is 0 Å². The summed E-state index contributed by atoms with van der Waals surface area (Å²) in [6.07, 6.45) is 1.66. The van der Waals surface area contributed by atoms with Gasteiger partial charge in [-0.1, -0.05) is 6.08 Å². The minimum Gasteiger partial charge on any atom is -0.329 e. The van der Waals surface area contributed by atoms with Crippen molar-refractivity contribution in [3.63, 3.8) is 0 Å². The van der Waals surface area contributed by atoms with Crippen molar-refractivity contribution in [3.8, 4) is 0 Å². The van der Waals surface area contributed by atoms with Crippen LogP contribution in [0, 0.1) is 0 Å². The summed E-state index contributed by atoms with van der Waals surface area (Å²) in [6.45, 7) is 1.19. The molecule has 0 saturated carbocycles. The Kier molecular flexibility index (Phi) is 2.64. The Morgan fingerprint density at radius 2 is 2.36 bits per heavy atom. The first-order valence-corrected chi connectivity index (χ1v) is 5.20. The maximum absolute atomic E-state index is 10.8. The summed E-state index contributed by atoms with van der Waals surface area (Å²) in [5.74, 6) is 0.174. The number of hydrogen-bond donors (Lipinski definition) is 2. The van der Waals surface area contributed by atoms with E-state index in [-0.39, 0.29) is 11.8 Å². The molecule has 0 aromatic carbocycles. The lowest BCUT2D eigenvalue weighted by molar-refractivity contribution is 0.592. The van der Waals surface area contributed by atoms with Crippen LogP contribution in [-0.4, -0.2) is 33.3 Å². The van der Waals surface area contributed by atoms with Gasteiger partial charge in [0.1, 0.15) is 0 Å². The van der Waals surface area contributed by atoms with Gasteiger partial charge in [0.15, 0.2) is 9.84 Å². The van der Waals surface area contributed by atoms with E-state index in [9.17, 15) is 8.42 Å². The lowest BCUT2D eigenvalue weighted by Crippen LogP contribution is -2.33. The number of nitrogens with two attached hydrogens (primary N) is 1. The van der Waals surface area contributed by atoms with Gasteiger partial charge in [0.2, 0.25) is 0 Å². The Bertz CT molecular complexity index is 245. The first kappa shape index (κ1) is 8.70. The summed E-state index contributed by atoms with van der Waals surface area (Å²) in [4.78, 5) is 0. The highest BCUT2D eigenvalue weighted by Crippen LogP contribution is 2.06. The zero-order chi connectivity index (χ0) is 8.32. The number of rotatable bonds is 3. The molecule has 0 radical (unpaired) electrons. The van der Waals surface area contributed by atoms with E-state index < -0.39 is 9.84 Å². The van der Waals surface area contributed by atoms with E-state index >= 15 is 0 Å². The third-order valence-electron chi connectivity index (χ3n) is 1.48. The van der Waals surface area contributed by atoms with Gasteiger partial charge in [-0.15, -0.1) is 0 Å².